The lowest BCUT2D eigenvalue weighted by Gasteiger charge is -2.26. The molecule has 3 amide bonds. The summed E-state index contributed by atoms with van der Waals surface area (Å²) in [5.74, 6) is 0.752. The standard InChI is InChI=1S/C14H21N5O2/c1-3-18(4-2)12-6-5-11(9-16-12)17-14(21)19-8-7-15-13(20)10-19/h5-6,9H,3-4,7-8,10H2,1-2H3,(H,15,20)(H,17,21). The molecule has 114 valence electrons. The van der Waals surface area contributed by atoms with Crippen LogP contribution in [0.3, 0.4) is 0 Å². The van der Waals surface area contributed by atoms with Crippen LogP contribution >= 0.6 is 0 Å². The van der Waals surface area contributed by atoms with Crippen molar-refractivity contribution >= 4 is 23.4 Å². The summed E-state index contributed by atoms with van der Waals surface area (Å²) in [6.07, 6.45) is 1.63. The molecule has 1 aliphatic rings. The van der Waals surface area contributed by atoms with E-state index in [4.69, 9.17) is 0 Å². The Morgan fingerprint density at radius 1 is 1.43 bits per heavy atom. The summed E-state index contributed by atoms with van der Waals surface area (Å²) in [5.41, 5.74) is 0.627. The minimum atomic E-state index is -0.276. The molecule has 0 saturated carbocycles. The zero-order valence-corrected chi connectivity index (χ0v) is 12.4. The molecule has 1 saturated heterocycles. The first-order valence-corrected chi connectivity index (χ1v) is 7.17. The Morgan fingerprint density at radius 2 is 2.19 bits per heavy atom. The summed E-state index contributed by atoms with van der Waals surface area (Å²) in [4.78, 5) is 31.3. The van der Waals surface area contributed by atoms with Crippen molar-refractivity contribution in [2.45, 2.75) is 13.8 Å². The smallest absolute Gasteiger partial charge is 0.322 e. The van der Waals surface area contributed by atoms with E-state index in [9.17, 15) is 9.59 Å². The van der Waals surface area contributed by atoms with Gasteiger partial charge in [-0.2, -0.15) is 0 Å². The third-order valence-electron chi connectivity index (χ3n) is 3.41. The maximum absolute atomic E-state index is 12.0. The average Bonchev–Trinajstić information content (AvgIpc) is 2.50. The summed E-state index contributed by atoms with van der Waals surface area (Å²) < 4.78 is 0. The zero-order chi connectivity index (χ0) is 15.2. The van der Waals surface area contributed by atoms with Gasteiger partial charge in [0.2, 0.25) is 5.91 Å². The molecule has 0 radical (unpaired) electrons. The third-order valence-corrected chi connectivity index (χ3v) is 3.41. The van der Waals surface area contributed by atoms with E-state index >= 15 is 0 Å². The largest absolute Gasteiger partial charge is 0.357 e. The normalized spacial score (nSPS) is 14.6. The van der Waals surface area contributed by atoms with Gasteiger partial charge in [-0.25, -0.2) is 9.78 Å². The van der Waals surface area contributed by atoms with Crippen LogP contribution in [0, 0.1) is 0 Å². The van der Waals surface area contributed by atoms with Crippen LogP contribution in [0.15, 0.2) is 18.3 Å². The van der Waals surface area contributed by atoms with Crippen molar-refractivity contribution in [1.82, 2.24) is 15.2 Å². The lowest BCUT2D eigenvalue weighted by molar-refractivity contribution is -0.123. The Balaban J connectivity index is 1.96. The molecule has 0 aromatic carbocycles. The SMILES string of the molecule is CCN(CC)c1ccc(NC(=O)N2CCNC(=O)C2)cn1. The van der Waals surface area contributed by atoms with Gasteiger partial charge in [0, 0.05) is 26.2 Å². The molecule has 0 spiro atoms. The highest BCUT2D eigenvalue weighted by Gasteiger charge is 2.21. The van der Waals surface area contributed by atoms with Gasteiger partial charge in [-0.05, 0) is 26.0 Å². The number of pyridine rings is 1. The number of piperazine rings is 1. The van der Waals surface area contributed by atoms with E-state index in [1.54, 1.807) is 6.20 Å². The van der Waals surface area contributed by atoms with Crippen molar-refractivity contribution < 1.29 is 9.59 Å². The van der Waals surface area contributed by atoms with E-state index in [1.807, 2.05) is 12.1 Å². The minimum absolute atomic E-state index is 0.0940. The van der Waals surface area contributed by atoms with Gasteiger partial charge in [-0.15, -0.1) is 0 Å². The van der Waals surface area contributed by atoms with Crippen LogP contribution in [0.1, 0.15) is 13.8 Å². The fourth-order valence-corrected chi connectivity index (χ4v) is 2.21. The molecule has 21 heavy (non-hydrogen) atoms. The van der Waals surface area contributed by atoms with Crippen molar-refractivity contribution in [2.24, 2.45) is 0 Å². The predicted molar refractivity (Wildman–Crippen MR) is 81.4 cm³/mol. The van der Waals surface area contributed by atoms with Gasteiger partial charge < -0.3 is 20.4 Å². The van der Waals surface area contributed by atoms with Gasteiger partial charge in [0.15, 0.2) is 0 Å². The molecule has 2 heterocycles. The fraction of sp³-hybridized carbons (Fsp3) is 0.500. The molecule has 0 aliphatic carbocycles. The molecular formula is C14H21N5O2. The minimum Gasteiger partial charge on any atom is -0.357 e. The first kappa shape index (κ1) is 15.1. The number of nitrogens with zero attached hydrogens (tertiary/aromatic N) is 3. The summed E-state index contributed by atoms with van der Waals surface area (Å²) in [6.45, 7) is 7.02. The van der Waals surface area contributed by atoms with Crippen molar-refractivity contribution in [3.8, 4) is 0 Å². The molecule has 7 heteroatoms. The van der Waals surface area contributed by atoms with Crippen LogP contribution < -0.4 is 15.5 Å². The van der Waals surface area contributed by atoms with Crippen LogP contribution in [0.4, 0.5) is 16.3 Å². The summed E-state index contributed by atoms with van der Waals surface area (Å²) in [5, 5.41) is 5.45. The van der Waals surface area contributed by atoms with Crippen molar-refractivity contribution in [3.05, 3.63) is 18.3 Å². The second-order valence-electron chi connectivity index (χ2n) is 4.78. The van der Waals surface area contributed by atoms with Gasteiger partial charge >= 0.3 is 6.03 Å². The number of urea groups is 1. The number of hydrogen-bond acceptors (Lipinski definition) is 4. The molecule has 0 atom stereocenters. The van der Waals surface area contributed by atoms with Crippen LogP contribution in [0.5, 0.6) is 0 Å². The van der Waals surface area contributed by atoms with Crippen LogP contribution in [0.2, 0.25) is 0 Å². The van der Waals surface area contributed by atoms with Gasteiger partial charge in [-0.3, -0.25) is 4.79 Å². The second-order valence-corrected chi connectivity index (χ2v) is 4.78. The quantitative estimate of drug-likeness (QED) is 0.863. The number of rotatable bonds is 4. The molecular weight excluding hydrogens is 270 g/mol. The first-order valence-electron chi connectivity index (χ1n) is 7.17. The number of aromatic nitrogens is 1. The topological polar surface area (TPSA) is 77.6 Å². The van der Waals surface area contributed by atoms with E-state index in [0.29, 0.717) is 18.8 Å². The van der Waals surface area contributed by atoms with Crippen LogP contribution in [-0.2, 0) is 4.79 Å². The monoisotopic (exact) mass is 291 g/mol. The zero-order valence-electron chi connectivity index (χ0n) is 12.4. The summed E-state index contributed by atoms with van der Waals surface area (Å²) in [6, 6.07) is 3.43. The van der Waals surface area contributed by atoms with E-state index in [1.165, 1.54) is 4.90 Å². The Labute approximate surface area is 124 Å². The maximum Gasteiger partial charge on any atom is 0.322 e. The second kappa shape index (κ2) is 6.92. The lowest BCUT2D eigenvalue weighted by Crippen LogP contribution is -2.51. The number of hydrogen-bond donors (Lipinski definition) is 2. The van der Waals surface area contributed by atoms with Crippen LogP contribution in [0.25, 0.3) is 0 Å². The molecule has 2 N–H and O–H groups in total. The van der Waals surface area contributed by atoms with E-state index in [-0.39, 0.29) is 18.5 Å². The number of anilines is 2. The number of amides is 3. The van der Waals surface area contributed by atoms with Crippen molar-refractivity contribution in [1.29, 1.82) is 0 Å². The van der Waals surface area contributed by atoms with Crippen molar-refractivity contribution in [3.63, 3.8) is 0 Å². The highest BCUT2D eigenvalue weighted by Crippen LogP contribution is 2.14. The highest BCUT2D eigenvalue weighted by molar-refractivity contribution is 5.92. The Morgan fingerprint density at radius 3 is 2.76 bits per heavy atom. The Bertz CT molecular complexity index is 499. The van der Waals surface area contributed by atoms with Gasteiger partial charge in [0.25, 0.3) is 0 Å². The third kappa shape index (κ3) is 3.84. The summed E-state index contributed by atoms with van der Waals surface area (Å²) >= 11 is 0. The van der Waals surface area contributed by atoms with E-state index < -0.39 is 0 Å². The lowest BCUT2D eigenvalue weighted by atomic mass is 10.3. The maximum atomic E-state index is 12.0. The van der Waals surface area contributed by atoms with Crippen LogP contribution in [-0.4, -0.2) is 54.5 Å². The number of carbonyl (C=O) groups excluding carboxylic acids is 2. The predicted octanol–water partition coefficient (Wildman–Crippen LogP) is 0.891. The Kier molecular flexibility index (Phi) is 4.97. The van der Waals surface area contributed by atoms with Gasteiger partial charge in [0.05, 0.1) is 11.9 Å². The van der Waals surface area contributed by atoms with Gasteiger partial charge in [0.1, 0.15) is 12.4 Å². The molecule has 2 rings (SSSR count). The first-order chi connectivity index (χ1) is 10.1. The number of nitrogens with one attached hydrogen (secondary N) is 2. The molecule has 1 aliphatic heterocycles. The van der Waals surface area contributed by atoms with E-state index in [2.05, 4.69) is 34.4 Å². The summed E-state index contributed by atoms with van der Waals surface area (Å²) in [7, 11) is 0. The van der Waals surface area contributed by atoms with E-state index in [0.717, 1.165) is 18.9 Å². The molecule has 0 bridgehead atoms. The molecule has 1 aromatic rings. The Hall–Kier alpha value is -2.31. The average molecular weight is 291 g/mol. The highest BCUT2D eigenvalue weighted by atomic mass is 16.2. The molecule has 1 aromatic heterocycles. The fourth-order valence-electron chi connectivity index (χ4n) is 2.21. The molecule has 1 fully saturated rings. The number of carbonyl (C=O) groups is 2. The molecule has 0 unspecified atom stereocenters. The molecule has 7 nitrogen and oxygen atoms in total. The van der Waals surface area contributed by atoms with Gasteiger partial charge in [-0.1, -0.05) is 0 Å². The van der Waals surface area contributed by atoms with Crippen molar-refractivity contribution in [2.75, 3.05) is 42.9 Å².